The molecule has 0 bridgehead atoms. The molecule has 0 saturated heterocycles. The summed E-state index contributed by atoms with van der Waals surface area (Å²) in [5.41, 5.74) is 0.515. The maximum absolute atomic E-state index is 12.6. The van der Waals surface area contributed by atoms with Crippen LogP contribution in [0.5, 0.6) is 0 Å². The normalized spacial score (nSPS) is 25.7. The molecule has 118 valence electrons. The molecule has 7 heteroatoms. The lowest BCUT2D eigenvalue weighted by Crippen LogP contribution is -2.44. The molecule has 1 saturated carbocycles. The van der Waals surface area contributed by atoms with Crippen molar-refractivity contribution in [1.82, 2.24) is 5.32 Å². The molecule has 5 nitrogen and oxygen atoms in total. The van der Waals surface area contributed by atoms with Crippen molar-refractivity contribution in [2.75, 3.05) is 0 Å². The molecule has 3 rings (SSSR count). The monoisotopic (exact) mass is 384 g/mol. The fourth-order valence-electron chi connectivity index (χ4n) is 3.00. The molecule has 1 N–H and O–H groups in total. The lowest BCUT2D eigenvalue weighted by molar-refractivity contribution is -0.152. The quantitative estimate of drug-likeness (QED) is 0.804. The van der Waals surface area contributed by atoms with Gasteiger partial charge in [0.15, 0.2) is 0 Å². The molecule has 2 unspecified atom stereocenters. The third-order valence-corrected chi connectivity index (χ3v) is 5.79. The maximum Gasteiger partial charge on any atom is 0.341 e. The largest absolute Gasteiger partial charge is 0.462 e. The van der Waals surface area contributed by atoms with E-state index in [9.17, 15) is 9.59 Å². The predicted octanol–water partition coefficient (Wildman–Crippen LogP) is 3.84. The fourth-order valence-corrected chi connectivity index (χ4v) is 4.51. The molecule has 1 fully saturated rings. The number of amides is 2. The molecule has 0 aromatic carbocycles. The molecule has 2 heterocycles. The summed E-state index contributed by atoms with van der Waals surface area (Å²) in [5, 5.41) is 2.79. The first-order chi connectivity index (χ1) is 10.5. The number of nitrogens with one attached hydrogen (secondary N) is 1. The molecule has 1 aliphatic carbocycles. The van der Waals surface area contributed by atoms with Gasteiger partial charge >= 0.3 is 12.0 Å². The first kappa shape index (κ1) is 15.7. The molecule has 1 aromatic heterocycles. The zero-order valence-corrected chi connectivity index (χ0v) is 14.6. The van der Waals surface area contributed by atoms with Gasteiger partial charge in [0.25, 0.3) is 0 Å². The summed E-state index contributed by atoms with van der Waals surface area (Å²) in [4.78, 5) is 29.1. The Morgan fingerprint density at radius 3 is 2.77 bits per heavy atom. The van der Waals surface area contributed by atoms with Gasteiger partial charge in [0, 0.05) is 10.6 Å². The molecule has 2 atom stereocenters. The standard InChI is InChI=1S/C15H17BrN2O3S/c1-8-12(14(19)21-9-4-2-3-5-9)13(18-15(20)17-8)10-6-7-11(16)22-10/h6-7,9,12-13H,2-5H2,1H3,(H,18,20). The summed E-state index contributed by atoms with van der Waals surface area (Å²) in [6.07, 6.45) is 4.07. The molecule has 0 spiro atoms. The van der Waals surface area contributed by atoms with Crippen LogP contribution in [0, 0.1) is 5.92 Å². The van der Waals surface area contributed by atoms with E-state index in [1.807, 2.05) is 12.1 Å². The van der Waals surface area contributed by atoms with Crippen LogP contribution < -0.4 is 5.32 Å². The Bertz CT molecular complexity index is 622. The smallest absolute Gasteiger partial charge is 0.341 e. The van der Waals surface area contributed by atoms with Gasteiger partial charge in [-0.05, 0) is 60.7 Å². The van der Waals surface area contributed by atoms with Crippen LogP contribution in [0.2, 0.25) is 0 Å². The number of rotatable bonds is 3. The number of esters is 1. The van der Waals surface area contributed by atoms with Gasteiger partial charge < -0.3 is 10.1 Å². The van der Waals surface area contributed by atoms with Crippen molar-refractivity contribution in [3.63, 3.8) is 0 Å². The van der Waals surface area contributed by atoms with Crippen LogP contribution in [0.4, 0.5) is 4.79 Å². The van der Waals surface area contributed by atoms with Gasteiger partial charge in [0.05, 0.1) is 9.83 Å². The highest BCUT2D eigenvalue weighted by Crippen LogP contribution is 2.35. The summed E-state index contributed by atoms with van der Waals surface area (Å²) in [6.45, 7) is 1.72. The molecule has 2 aliphatic rings. The first-order valence-corrected chi connectivity index (χ1v) is 8.97. The number of ether oxygens (including phenoxy) is 1. The van der Waals surface area contributed by atoms with E-state index in [0.717, 1.165) is 34.3 Å². The van der Waals surface area contributed by atoms with Crippen LogP contribution in [0.25, 0.3) is 0 Å². The lowest BCUT2D eigenvalue weighted by Gasteiger charge is -2.29. The summed E-state index contributed by atoms with van der Waals surface area (Å²) in [6, 6.07) is 3.01. The van der Waals surface area contributed by atoms with E-state index in [-0.39, 0.29) is 12.1 Å². The number of thiophene rings is 1. The average Bonchev–Trinajstić information content (AvgIpc) is 3.09. The third-order valence-electron chi connectivity index (χ3n) is 4.08. The Labute approximate surface area is 141 Å². The number of aliphatic imine (C=N–C) groups is 1. The minimum absolute atomic E-state index is 0.00801. The van der Waals surface area contributed by atoms with Crippen LogP contribution in [-0.4, -0.2) is 23.8 Å². The maximum atomic E-state index is 12.6. The average molecular weight is 385 g/mol. The van der Waals surface area contributed by atoms with E-state index in [0.29, 0.717) is 5.71 Å². The zero-order chi connectivity index (χ0) is 15.7. The van der Waals surface area contributed by atoms with Crippen LogP contribution >= 0.6 is 27.3 Å². The highest BCUT2D eigenvalue weighted by Gasteiger charge is 2.39. The van der Waals surface area contributed by atoms with Crippen molar-refractivity contribution in [2.45, 2.75) is 44.8 Å². The Morgan fingerprint density at radius 2 is 2.14 bits per heavy atom. The second kappa shape index (κ2) is 6.50. The topological polar surface area (TPSA) is 67.8 Å². The number of hydrogen-bond donors (Lipinski definition) is 1. The fraction of sp³-hybridized carbons (Fsp3) is 0.533. The molecule has 1 aliphatic heterocycles. The molecular weight excluding hydrogens is 368 g/mol. The third kappa shape index (κ3) is 3.25. The Balaban J connectivity index is 1.84. The Morgan fingerprint density at radius 1 is 1.41 bits per heavy atom. The van der Waals surface area contributed by atoms with Crippen molar-refractivity contribution >= 4 is 45.0 Å². The first-order valence-electron chi connectivity index (χ1n) is 7.36. The van der Waals surface area contributed by atoms with Crippen molar-refractivity contribution in [2.24, 2.45) is 10.9 Å². The van der Waals surface area contributed by atoms with E-state index in [1.54, 1.807) is 6.92 Å². The molecule has 2 amide bonds. The highest BCUT2D eigenvalue weighted by molar-refractivity contribution is 9.11. The van der Waals surface area contributed by atoms with Gasteiger partial charge in [0.1, 0.15) is 12.0 Å². The number of urea groups is 1. The predicted molar refractivity (Wildman–Crippen MR) is 88.2 cm³/mol. The zero-order valence-electron chi connectivity index (χ0n) is 12.2. The Hall–Kier alpha value is -1.21. The minimum atomic E-state index is -0.552. The number of nitrogens with zero attached hydrogens (tertiary/aromatic N) is 1. The molecular formula is C15H17BrN2O3S. The van der Waals surface area contributed by atoms with Crippen LogP contribution in [0.1, 0.15) is 43.5 Å². The molecule has 1 aromatic rings. The summed E-state index contributed by atoms with van der Waals surface area (Å²) >= 11 is 4.92. The van der Waals surface area contributed by atoms with Crippen molar-refractivity contribution in [3.8, 4) is 0 Å². The van der Waals surface area contributed by atoms with Gasteiger partial charge in [-0.15, -0.1) is 11.3 Å². The van der Waals surface area contributed by atoms with E-state index < -0.39 is 18.0 Å². The van der Waals surface area contributed by atoms with Crippen molar-refractivity contribution in [1.29, 1.82) is 0 Å². The van der Waals surface area contributed by atoms with Crippen molar-refractivity contribution < 1.29 is 14.3 Å². The van der Waals surface area contributed by atoms with Gasteiger partial charge in [-0.3, -0.25) is 4.79 Å². The Kier molecular flexibility index (Phi) is 4.63. The van der Waals surface area contributed by atoms with Crippen molar-refractivity contribution in [3.05, 3.63) is 20.8 Å². The minimum Gasteiger partial charge on any atom is -0.462 e. The number of carbonyl (C=O) groups excluding carboxylic acids is 2. The van der Waals surface area contributed by atoms with E-state index in [2.05, 4.69) is 26.2 Å². The second-order valence-electron chi connectivity index (χ2n) is 5.64. The number of carbonyl (C=O) groups is 2. The van der Waals surface area contributed by atoms with Crippen LogP contribution in [-0.2, 0) is 9.53 Å². The van der Waals surface area contributed by atoms with Gasteiger partial charge in [0.2, 0.25) is 0 Å². The lowest BCUT2D eigenvalue weighted by atomic mass is 9.92. The van der Waals surface area contributed by atoms with Gasteiger partial charge in [-0.1, -0.05) is 0 Å². The number of halogens is 1. The second-order valence-corrected chi connectivity index (χ2v) is 8.14. The highest BCUT2D eigenvalue weighted by atomic mass is 79.9. The van der Waals surface area contributed by atoms with E-state index in [1.165, 1.54) is 11.3 Å². The van der Waals surface area contributed by atoms with Crippen LogP contribution in [0.15, 0.2) is 20.9 Å². The summed E-state index contributed by atoms with van der Waals surface area (Å²) in [5.74, 6) is -0.841. The summed E-state index contributed by atoms with van der Waals surface area (Å²) < 4.78 is 6.60. The SMILES string of the molecule is CC1=NC(=O)NC(c2ccc(Br)s2)C1C(=O)OC1CCCC1. The summed E-state index contributed by atoms with van der Waals surface area (Å²) in [7, 11) is 0. The molecule has 0 radical (unpaired) electrons. The van der Waals surface area contributed by atoms with Crippen LogP contribution in [0.3, 0.4) is 0 Å². The van der Waals surface area contributed by atoms with E-state index in [4.69, 9.17) is 4.74 Å². The number of hydrogen-bond acceptors (Lipinski definition) is 4. The van der Waals surface area contributed by atoms with E-state index >= 15 is 0 Å². The van der Waals surface area contributed by atoms with Gasteiger partial charge in [-0.25, -0.2) is 9.79 Å². The van der Waals surface area contributed by atoms with Gasteiger partial charge in [-0.2, -0.15) is 0 Å². The molecule has 22 heavy (non-hydrogen) atoms.